The first-order valence-electron chi connectivity index (χ1n) is 3.49. The molecule has 60 valence electrons. The Labute approximate surface area is 70.4 Å². The van der Waals surface area contributed by atoms with Crippen LogP contribution >= 0.6 is 12.3 Å². The Hall–Kier alpha value is -0.700. The van der Waals surface area contributed by atoms with Gasteiger partial charge in [-0.15, -0.1) is 3.89 Å². The summed E-state index contributed by atoms with van der Waals surface area (Å²) >= 11 is 0.124. The van der Waals surface area contributed by atoms with Gasteiger partial charge >= 0.3 is 0 Å². The second-order valence-electron chi connectivity index (χ2n) is 2.23. The van der Waals surface area contributed by atoms with Gasteiger partial charge in [-0.3, -0.25) is 0 Å². The number of rotatable bonds is 3. The van der Waals surface area contributed by atoms with Crippen LogP contribution in [0.2, 0.25) is 0 Å². The van der Waals surface area contributed by atoms with Crippen LogP contribution in [0.4, 0.5) is 9.57 Å². The van der Waals surface area contributed by atoms with E-state index in [4.69, 9.17) is 0 Å². The minimum absolute atomic E-state index is 0.124. The summed E-state index contributed by atoms with van der Waals surface area (Å²) in [6, 6.07) is 7.71. The van der Waals surface area contributed by atoms with Gasteiger partial charge in [0.1, 0.15) is 0 Å². The lowest BCUT2D eigenvalue weighted by atomic mass is 10.1. The fourth-order valence-corrected chi connectivity index (χ4v) is 1.12. The lowest BCUT2D eigenvalue weighted by Gasteiger charge is -2.00. The van der Waals surface area contributed by atoms with E-state index in [1.54, 1.807) is 0 Å². The molecule has 0 atom stereocenters. The Morgan fingerprint density at radius 2 is 2.36 bits per heavy atom. The van der Waals surface area contributed by atoms with E-state index in [9.17, 15) is 3.89 Å². The summed E-state index contributed by atoms with van der Waals surface area (Å²) in [6.07, 6.45) is 0.979. The zero-order chi connectivity index (χ0) is 8.10. The van der Waals surface area contributed by atoms with Gasteiger partial charge in [-0.25, -0.2) is 0 Å². The summed E-state index contributed by atoms with van der Waals surface area (Å²) in [4.78, 5) is 0. The van der Waals surface area contributed by atoms with Gasteiger partial charge in [0.05, 0.1) is 0 Å². The molecule has 0 aliphatic carbocycles. The van der Waals surface area contributed by atoms with Crippen LogP contribution < -0.4 is 4.72 Å². The van der Waals surface area contributed by atoms with Crippen molar-refractivity contribution in [1.82, 2.24) is 0 Å². The molecule has 11 heavy (non-hydrogen) atoms. The van der Waals surface area contributed by atoms with Crippen molar-refractivity contribution < 1.29 is 3.89 Å². The normalized spacial score (nSPS) is 9.64. The summed E-state index contributed by atoms with van der Waals surface area (Å²) in [5, 5.41) is 0. The van der Waals surface area contributed by atoms with Crippen LogP contribution in [0.25, 0.3) is 0 Å². The SMILES string of the molecule is CCc1cccc(NSF)c1. The zero-order valence-corrected chi connectivity index (χ0v) is 7.12. The van der Waals surface area contributed by atoms with Crippen LogP contribution in [-0.2, 0) is 6.42 Å². The molecule has 0 heterocycles. The average Bonchev–Trinajstić information content (AvgIpc) is 2.06. The van der Waals surface area contributed by atoms with Crippen LogP contribution in [-0.4, -0.2) is 0 Å². The molecule has 3 heteroatoms. The Bertz CT molecular complexity index is 227. The summed E-state index contributed by atoms with van der Waals surface area (Å²) in [5.41, 5.74) is 2.03. The topological polar surface area (TPSA) is 12.0 Å². The summed E-state index contributed by atoms with van der Waals surface area (Å²) < 4.78 is 14.3. The van der Waals surface area contributed by atoms with Crippen LogP contribution in [0, 0.1) is 0 Å². The van der Waals surface area contributed by atoms with Crippen molar-refractivity contribution in [2.45, 2.75) is 13.3 Å². The van der Waals surface area contributed by atoms with E-state index < -0.39 is 0 Å². The molecule has 0 unspecified atom stereocenters. The van der Waals surface area contributed by atoms with Crippen molar-refractivity contribution in [2.75, 3.05) is 4.72 Å². The first-order chi connectivity index (χ1) is 5.36. The predicted molar refractivity (Wildman–Crippen MR) is 48.1 cm³/mol. The molecule has 1 aromatic rings. The van der Waals surface area contributed by atoms with E-state index in [1.165, 1.54) is 5.56 Å². The van der Waals surface area contributed by atoms with Gasteiger partial charge in [-0.1, -0.05) is 19.1 Å². The molecule has 1 nitrogen and oxygen atoms in total. The number of nitrogens with one attached hydrogen (secondary N) is 1. The highest BCUT2D eigenvalue weighted by atomic mass is 32.2. The molecular formula is C8H10FNS. The molecule has 0 aliphatic rings. The fraction of sp³-hybridized carbons (Fsp3) is 0.250. The van der Waals surface area contributed by atoms with E-state index in [-0.39, 0.29) is 12.3 Å². The molecule has 0 fully saturated rings. The Kier molecular flexibility index (Phi) is 3.23. The monoisotopic (exact) mass is 171 g/mol. The van der Waals surface area contributed by atoms with Crippen molar-refractivity contribution in [2.24, 2.45) is 0 Å². The minimum Gasteiger partial charge on any atom is -0.302 e. The maximum atomic E-state index is 11.7. The van der Waals surface area contributed by atoms with E-state index in [0.29, 0.717) is 0 Å². The van der Waals surface area contributed by atoms with Gasteiger partial charge in [0.25, 0.3) is 0 Å². The third-order valence-corrected chi connectivity index (χ3v) is 1.80. The smallest absolute Gasteiger partial charge is 0.162 e. The van der Waals surface area contributed by atoms with E-state index in [2.05, 4.69) is 11.6 Å². The van der Waals surface area contributed by atoms with Crippen molar-refractivity contribution in [3.05, 3.63) is 29.8 Å². The maximum absolute atomic E-state index is 11.7. The van der Waals surface area contributed by atoms with E-state index >= 15 is 0 Å². The largest absolute Gasteiger partial charge is 0.302 e. The summed E-state index contributed by atoms with van der Waals surface area (Å²) in [5.74, 6) is 0. The molecule has 0 aliphatic heterocycles. The summed E-state index contributed by atoms with van der Waals surface area (Å²) in [6.45, 7) is 2.07. The Morgan fingerprint density at radius 3 is 3.00 bits per heavy atom. The van der Waals surface area contributed by atoms with Gasteiger partial charge in [0.2, 0.25) is 0 Å². The lowest BCUT2D eigenvalue weighted by molar-refractivity contribution is 0.943. The predicted octanol–water partition coefficient (Wildman–Crippen LogP) is 3.19. The molecule has 1 aromatic carbocycles. The zero-order valence-electron chi connectivity index (χ0n) is 6.30. The highest BCUT2D eigenvalue weighted by molar-refractivity contribution is 7.95. The fourth-order valence-electron chi connectivity index (χ4n) is 0.899. The second-order valence-corrected chi connectivity index (χ2v) is 2.59. The van der Waals surface area contributed by atoms with Gasteiger partial charge in [-0.2, -0.15) is 0 Å². The molecule has 0 aromatic heterocycles. The minimum atomic E-state index is 0.124. The van der Waals surface area contributed by atoms with Gasteiger partial charge in [0.15, 0.2) is 12.3 Å². The molecule has 0 spiro atoms. The first kappa shape index (κ1) is 8.40. The van der Waals surface area contributed by atoms with E-state index in [0.717, 1.165) is 12.1 Å². The molecule has 0 saturated heterocycles. The molecule has 1 rings (SSSR count). The number of halogens is 1. The number of anilines is 1. The van der Waals surface area contributed by atoms with Crippen LogP contribution in [0.1, 0.15) is 12.5 Å². The lowest BCUT2D eigenvalue weighted by Crippen LogP contribution is -1.85. The van der Waals surface area contributed by atoms with Gasteiger partial charge in [-0.05, 0) is 24.1 Å². The molecule has 0 bridgehead atoms. The van der Waals surface area contributed by atoms with Gasteiger partial charge in [0, 0.05) is 5.69 Å². The van der Waals surface area contributed by atoms with Crippen molar-refractivity contribution in [3.63, 3.8) is 0 Å². The van der Waals surface area contributed by atoms with Crippen molar-refractivity contribution in [3.8, 4) is 0 Å². The number of hydrogen-bond acceptors (Lipinski definition) is 2. The number of aryl methyl sites for hydroxylation is 1. The molecule has 1 N–H and O–H groups in total. The standard InChI is InChI=1S/C8H10FNS/c1-2-7-4-3-5-8(6-7)10-11-9/h3-6,10H,2H2,1H3. The Morgan fingerprint density at radius 1 is 1.55 bits per heavy atom. The molecule has 0 radical (unpaired) electrons. The highest BCUT2D eigenvalue weighted by Crippen LogP contribution is 2.15. The van der Waals surface area contributed by atoms with E-state index in [1.807, 2.05) is 24.3 Å². The van der Waals surface area contributed by atoms with Crippen molar-refractivity contribution >= 4 is 18.0 Å². The third kappa shape index (κ3) is 2.42. The molecule has 0 amide bonds. The Balaban J connectivity index is 2.74. The summed E-state index contributed by atoms with van der Waals surface area (Å²) in [7, 11) is 0. The quantitative estimate of drug-likeness (QED) is 0.701. The molecule has 0 saturated carbocycles. The molecular weight excluding hydrogens is 161 g/mol. The van der Waals surface area contributed by atoms with Crippen molar-refractivity contribution in [1.29, 1.82) is 0 Å². The third-order valence-electron chi connectivity index (χ3n) is 1.49. The van der Waals surface area contributed by atoms with Crippen LogP contribution in [0.5, 0.6) is 0 Å². The number of benzene rings is 1. The van der Waals surface area contributed by atoms with Gasteiger partial charge < -0.3 is 4.72 Å². The first-order valence-corrected chi connectivity index (χ1v) is 4.21. The van der Waals surface area contributed by atoms with Crippen LogP contribution in [0.3, 0.4) is 0 Å². The average molecular weight is 171 g/mol. The van der Waals surface area contributed by atoms with Crippen LogP contribution in [0.15, 0.2) is 24.3 Å². The number of hydrogen-bond donors (Lipinski definition) is 1. The highest BCUT2D eigenvalue weighted by Gasteiger charge is 1.92. The second kappa shape index (κ2) is 4.23. The maximum Gasteiger partial charge on any atom is 0.162 e.